The smallest absolute Gasteiger partial charge is 0.284 e. The van der Waals surface area contributed by atoms with Crippen molar-refractivity contribution in [1.82, 2.24) is 5.01 Å². The number of hydrogen-bond donors (Lipinski definition) is 0. The standard InChI is InChI=1S/C21H16N2O3S/c24-21(20-7-4-10-27-20)23-17(12-16(22-23)14-5-2-1-3-6-14)15-8-9-18-19(11-15)26-13-25-18/h1-11,17H,12-13H2. The first-order valence-electron chi connectivity index (χ1n) is 8.69. The maximum atomic E-state index is 13.1. The Morgan fingerprint density at radius 1 is 1.04 bits per heavy atom. The number of rotatable bonds is 3. The van der Waals surface area contributed by atoms with Crippen molar-refractivity contribution in [1.29, 1.82) is 0 Å². The van der Waals surface area contributed by atoms with Gasteiger partial charge in [-0.05, 0) is 34.7 Å². The molecule has 0 radical (unpaired) electrons. The van der Waals surface area contributed by atoms with Gasteiger partial charge < -0.3 is 9.47 Å². The van der Waals surface area contributed by atoms with Crippen molar-refractivity contribution in [3.8, 4) is 11.5 Å². The molecule has 0 saturated carbocycles. The van der Waals surface area contributed by atoms with E-state index in [1.807, 2.05) is 66.0 Å². The molecule has 3 heterocycles. The van der Waals surface area contributed by atoms with Crippen molar-refractivity contribution in [3.63, 3.8) is 0 Å². The van der Waals surface area contributed by atoms with E-state index in [1.165, 1.54) is 11.3 Å². The fourth-order valence-corrected chi connectivity index (χ4v) is 4.05. The molecule has 0 bridgehead atoms. The molecule has 2 aliphatic heterocycles. The molecule has 0 N–H and O–H groups in total. The summed E-state index contributed by atoms with van der Waals surface area (Å²) in [6.45, 7) is 0.229. The summed E-state index contributed by atoms with van der Waals surface area (Å²) in [6, 6.07) is 19.4. The second-order valence-electron chi connectivity index (χ2n) is 6.37. The van der Waals surface area contributed by atoms with Crippen molar-refractivity contribution in [2.75, 3.05) is 6.79 Å². The normalized spacial score (nSPS) is 17.9. The van der Waals surface area contributed by atoms with Crippen molar-refractivity contribution in [2.45, 2.75) is 12.5 Å². The van der Waals surface area contributed by atoms with E-state index in [-0.39, 0.29) is 18.7 Å². The van der Waals surface area contributed by atoms with E-state index in [0.29, 0.717) is 17.0 Å². The van der Waals surface area contributed by atoms with Gasteiger partial charge in [-0.1, -0.05) is 42.5 Å². The van der Waals surface area contributed by atoms with Crippen LogP contribution in [-0.4, -0.2) is 23.4 Å². The summed E-state index contributed by atoms with van der Waals surface area (Å²) in [5.74, 6) is 1.36. The minimum Gasteiger partial charge on any atom is -0.454 e. The topological polar surface area (TPSA) is 51.1 Å². The average molecular weight is 376 g/mol. The first-order valence-corrected chi connectivity index (χ1v) is 9.57. The van der Waals surface area contributed by atoms with Crippen molar-refractivity contribution >= 4 is 23.0 Å². The number of carbonyl (C=O) groups excluding carboxylic acids is 1. The van der Waals surface area contributed by atoms with Crippen LogP contribution in [0.1, 0.15) is 33.3 Å². The molecule has 1 atom stereocenters. The Hall–Kier alpha value is -3.12. The molecule has 1 unspecified atom stereocenters. The summed E-state index contributed by atoms with van der Waals surface area (Å²) in [7, 11) is 0. The van der Waals surface area contributed by atoms with Crippen LogP contribution in [0, 0.1) is 0 Å². The van der Waals surface area contributed by atoms with Gasteiger partial charge in [0.15, 0.2) is 11.5 Å². The monoisotopic (exact) mass is 376 g/mol. The van der Waals surface area contributed by atoms with Gasteiger partial charge in [0.05, 0.1) is 16.6 Å². The van der Waals surface area contributed by atoms with Crippen LogP contribution in [0.5, 0.6) is 11.5 Å². The number of thiophene rings is 1. The number of hydrogen-bond acceptors (Lipinski definition) is 5. The van der Waals surface area contributed by atoms with Crippen LogP contribution in [0.4, 0.5) is 0 Å². The second-order valence-corrected chi connectivity index (χ2v) is 7.32. The highest BCUT2D eigenvalue weighted by Crippen LogP contribution is 2.39. The number of nitrogens with zero attached hydrogens (tertiary/aromatic N) is 2. The molecule has 1 amide bonds. The van der Waals surface area contributed by atoms with Crippen LogP contribution in [-0.2, 0) is 0 Å². The van der Waals surface area contributed by atoms with E-state index in [2.05, 4.69) is 0 Å². The lowest BCUT2D eigenvalue weighted by Gasteiger charge is -2.21. The Labute approximate surface area is 160 Å². The number of amides is 1. The van der Waals surface area contributed by atoms with Gasteiger partial charge >= 0.3 is 0 Å². The van der Waals surface area contributed by atoms with Gasteiger partial charge in [0.25, 0.3) is 5.91 Å². The number of hydrazone groups is 1. The highest BCUT2D eigenvalue weighted by Gasteiger charge is 2.34. The first kappa shape index (κ1) is 16.1. The Morgan fingerprint density at radius 2 is 1.89 bits per heavy atom. The molecule has 1 aromatic heterocycles. The van der Waals surface area contributed by atoms with E-state index in [4.69, 9.17) is 14.6 Å². The molecule has 0 saturated heterocycles. The highest BCUT2D eigenvalue weighted by molar-refractivity contribution is 7.12. The summed E-state index contributed by atoms with van der Waals surface area (Å²) in [6.07, 6.45) is 0.654. The minimum absolute atomic E-state index is 0.0846. The summed E-state index contributed by atoms with van der Waals surface area (Å²) in [5, 5.41) is 8.21. The number of ether oxygens (including phenoxy) is 2. The van der Waals surface area contributed by atoms with E-state index in [1.54, 1.807) is 5.01 Å². The molecule has 2 aliphatic rings. The van der Waals surface area contributed by atoms with Gasteiger partial charge in [-0.25, -0.2) is 5.01 Å². The molecule has 3 aromatic rings. The molecule has 27 heavy (non-hydrogen) atoms. The average Bonchev–Trinajstić information content (AvgIpc) is 3.47. The predicted octanol–water partition coefficient (Wildman–Crippen LogP) is 4.47. The largest absolute Gasteiger partial charge is 0.454 e. The van der Waals surface area contributed by atoms with Gasteiger partial charge in [-0.3, -0.25) is 4.79 Å². The maximum Gasteiger partial charge on any atom is 0.284 e. The summed E-state index contributed by atoms with van der Waals surface area (Å²) in [4.78, 5) is 13.8. The van der Waals surface area contributed by atoms with Crippen LogP contribution in [0.25, 0.3) is 0 Å². The summed E-state index contributed by atoms with van der Waals surface area (Å²) >= 11 is 1.43. The van der Waals surface area contributed by atoms with Crippen molar-refractivity contribution in [2.24, 2.45) is 5.10 Å². The summed E-state index contributed by atoms with van der Waals surface area (Å²) in [5.41, 5.74) is 2.92. The lowest BCUT2D eigenvalue weighted by Crippen LogP contribution is -2.26. The fourth-order valence-electron chi connectivity index (χ4n) is 3.40. The molecule has 5 rings (SSSR count). The van der Waals surface area contributed by atoms with E-state index in [0.717, 1.165) is 22.6 Å². The van der Waals surface area contributed by atoms with E-state index in [9.17, 15) is 4.79 Å². The zero-order chi connectivity index (χ0) is 18.2. The summed E-state index contributed by atoms with van der Waals surface area (Å²) < 4.78 is 10.9. The number of carbonyl (C=O) groups is 1. The number of fused-ring (bicyclic) bond motifs is 1. The van der Waals surface area contributed by atoms with Gasteiger partial charge in [0.1, 0.15) is 0 Å². The van der Waals surface area contributed by atoms with E-state index < -0.39 is 0 Å². The first-order chi connectivity index (χ1) is 13.3. The molecule has 134 valence electrons. The van der Waals surface area contributed by atoms with Gasteiger partial charge in [-0.15, -0.1) is 11.3 Å². The van der Waals surface area contributed by atoms with Crippen LogP contribution >= 0.6 is 11.3 Å². The Balaban J connectivity index is 1.54. The zero-order valence-corrected chi connectivity index (χ0v) is 15.2. The van der Waals surface area contributed by atoms with Crippen LogP contribution in [0.3, 0.4) is 0 Å². The van der Waals surface area contributed by atoms with Crippen molar-refractivity contribution in [3.05, 3.63) is 82.0 Å². The minimum atomic E-state index is -0.177. The van der Waals surface area contributed by atoms with Crippen LogP contribution in [0.15, 0.2) is 71.1 Å². The zero-order valence-electron chi connectivity index (χ0n) is 14.4. The Bertz CT molecular complexity index is 1020. The third-order valence-corrected chi connectivity index (χ3v) is 5.60. The number of benzene rings is 2. The molecule has 0 aliphatic carbocycles. The molecule has 0 fully saturated rings. The molecule has 2 aromatic carbocycles. The van der Waals surface area contributed by atoms with Gasteiger partial charge in [-0.2, -0.15) is 5.10 Å². The SMILES string of the molecule is O=C(c1cccs1)N1N=C(c2ccccc2)CC1c1ccc2c(c1)OCO2. The lowest BCUT2D eigenvalue weighted by atomic mass is 9.98. The van der Waals surface area contributed by atoms with E-state index >= 15 is 0 Å². The quantitative estimate of drug-likeness (QED) is 0.678. The van der Waals surface area contributed by atoms with Crippen molar-refractivity contribution < 1.29 is 14.3 Å². The third-order valence-electron chi connectivity index (χ3n) is 4.74. The molecule has 5 nitrogen and oxygen atoms in total. The van der Waals surface area contributed by atoms with Gasteiger partial charge in [0.2, 0.25) is 6.79 Å². The molecular weight excluding hydrogens is 360 g/mol. The van der Waals surface area contributed by atoms with Gasteiger partial charge in [0, 0.05) is 6.42 Å². The van der Waals surface area contributed by atoms with Crippen LogP contribution < -0.4 is 9.47 Å². The maximum absolute atomic E-state index is 13.1. The highest BCUT2D eigenvalue weighted by atomic mass is 32.1. The Morgan fingerprint density at radius 3 is 2.70 bits per heavy atom. The molecule has 0 spiro atoms. The molecular formula is C21H16N2O3S. The molecule has 6 heteroatoms. The second kappa shape index (κ2) is 6.55. The third kappa shape index (κ3) is 2.88. The lowest BCUT2D eigenvalue weighted by molar-refractivity contribution is 0.0716. The predicted molar refractivity (Wildman–Crippen MR) is 103 cm³/mol. The van der Waals surface area contributed by atoms with Crippen LogP contribution in [0.2, 0.25) is 0 Å². The fraction of sp³-hybridized carbons (Fsp3) is 0.143. The Kier molecular flexibility index (Phi) is 3.90.